The minimum atomic E-state index is -0.698. The normalized spacial score (nSPS) is 12.5. The molecular weight excluding hydrogens is 328 g/mol. The molecule has 0 saturated carbocycles. The average molecular weight is 352 g/mol. The van der Waals surface area contributed by atoms with Crippen molar-refractivity contribution in [3.63, 3.8) is 0 Å². The molecule has 2 aromatic carbocycles. The lowest BCUT2D eigenvalue weighted by molar-refractivity contribution is -0.136. The highest BCUT2D eigenvalue weighted by molar-refractivity contribution is 5.92. The molecule has 0 aliphatic rings. The van der Waals surface area contributed by atoms with Gasteiger partial charge in [-0.2, -0.15) is 0 Å². The zero-order chi connectivity index (χ0) is 18.5. The van der Waals surface area contributed by atoms with Gasteiger partial charge in [0.15, 0.2) is 0 Å². The van der Waals surface area contributed by atoms with E-state index in [0.717, 1.165) is 35.0 Å². The first-order valence-electron chi connectivity index (χ1n) is 8.71. The Bertz CT molecular complexity index is 871. The maximum absolute atomic E-state index is 12.7. The van der Waals surface area contributed by atoms with Crippen LogP contribution in [0.25, 0.3) is 10.9 Å². The maximum atomic E-state index is 12.7. The number of esters is 1. The van der Waals surface area contributed by atoms with Gasteiger partial charge in [0.1, 0.15) is 11.7 Å². The van der Waals surface area contributed by atoms with E-state index in [2.05, 4.69) is 9.88 Å². The van der Waals surface area contributed by atoms with Crippen LogP contribution in [0.2, 0.25) is 0 Å². The number of aromatic amines is 1. The minimum Gasteiger partial charge on any atom is -0.425 e. The minimum absolute atomic E-state index is 0.292. The smallest absolute Gasteiger partial charge is 0.321 e. The molecule has 3 rings (SSSR count). The third kappa shape index (κ3) is 3.95. The van der Waals surface area contributed by atoms with Crippen molar-refractivity contribution in [2.45, 2.75) is 12.3 Å². The Morgan fingerprint density at radius 1 is 1.15 bits per heavy atom. The highest BCUT2D eigenvalue weighted by atomic mass is 16.5. The van der Waals surface area contributed by atoms with E-state index in [4.69, 9.17) is 4.74 Å². The van der Waals surface area contributed by atoms with E-state index >= 15 is 0 Å². The van der Waals surface area contributed by atoms with Crippen LogP contribution >= 0.6 is 0 Å². The van der Waals surface area contributed by atoms with Crippen LogP contribution in [0.5, 0.6) is 5.75 Å². The molecule has 5 nitrogen and oxygen atoms in total. The standard InChI is InChI=1S/C21H24N2O3/c1-23(2)12-11-16-13-22-18-9-6-10-19(20(16)18)26-21(25)17(14-24)15-7-4-3-5-8-15/h3-10,13,17,22,24H,11-12,14H2,1-2H3. The highest BCUT2D eigenvalue weighted by Crippen LogP contribution is 2.30. The summed E-state index contributed by atoms with van der Waals surface area (Å²) in [5.41, 5.74) is 2.79. The van der Waals surface area contributed by atoms with Crippen molar-refractivity contribution in [2.24, 2.45) is 0 Å². The molecule has 0 bridgehead atoms. The van der Waals surface area contributed by atoms with Crippen LogP contribution in [0.15, 0.2) is 54.7 Å². The number of aliphatic hydroxyl groups is 1. The number of nitrogens with zero attached hydrogens (tertiary/aromatic N) is 1. The van der Waals surface area contributed by atoms with Gasteiger partial charge in [0.05, 0.1) is 6.61 Å². The van der Waals surface area contributed by atoms with Crippen LogP contribution in [-0.2, 0) is 11.2 Å². The fraction of sp³-hybridized carbons (Fsp3) is 0.286. The first-order chi connectivity index (χ1) is 12.6. The molecule has 0 spiro atoms. The number of ether oxygens (including phenoxy) is 1. The van der Waals surface area contributed by atoms with Gasteiger partial charge in [-0.1, -0.05) is 36.4 Å². The number of rotatable bonds is 7. The topological polar surface area (TPSA) is 65.6 Å². The summed E-state index contributed by atoms with van der Waals surface area (Å²) < 4.78 is 5.71. The van der Waals surface area contributed by atoms with E-state index in [1.54, 1.807) is 6.07 Å². The summed E-state index contributed by atoms with van der Waals surface area (Å²) in [7, 11) is 4.06. The molecule has 5 heteroatoms. The molecule has 1 atom stereocenters. The summed E-state index contributed by atoms with van der Waals surface area (Å²) in [5.74, 6) is -0.626. The fourth-order valence-electron chi connectivity index (χ4n) is 3.03. The van der Waals surface area contributed by atoms with E-state index in [1.807, 2.05) is 62.8 Å². The van der Waals surface area contributed by atoms with Crippen molar-refractivity contribution in [2.75, 3.05) is 27.2 Å². The lowest BCUT2D eigenvalue weighted by Crippen LogP contribution is -2.22. The van der Waals surface area contributed by atoms with Gasteiger partial charge >= 0.3 is 5.97 Å². The van der Waals surface area contributed by atoms with Gasteiger partial charge in [-0.05, 0) is 43.8 Å². The largest absolute Gasteiger partial charge is 0.425 e. The number of hydrogen-bond acceptors (Lipinski definition) is 4. The summed E-state index contributed by atoms with van der Waals surface area (Å²) in [5, 5.41) is 10.6. The van der Waals surface area contributed by atoms with Crippen molar-refractivity contribution in [1.82, 2.24) is 9.88 Å². The van der Waals surface area contributed by atoms with Crippen LogP contribution < -0.4 is 4.74 Å². The summed E-state index contributed by atoms with van der Waals surface area (Å²) >= 11 is 0. The Morgan fingerprint density at radius 3 is 2.62 bits per heavy atom. The average Bonchev–Trinajstić information content (AvgIpc) is 3.06. The van der Waals surface area contributed by atoms with Crippen LogP contribution in [0, 0.1) is 0 Å². The number of carbonyl (C=O) groups is 1. The quantitative estimate of drug-likeness (QED) is 0.507. The Labute approximate surface area is 153 Å². The monoisotopic (exact) mass is 352 g/mol. The second kappa shape index (κ2) is 8.17. The summed E-state index contributed by atoms with van der Waals surface area (Å²) in [6, 6.07) is 14.8. The van der Waals surface area contributed by atoms with Crippen molar-refractivity contribution in [3.05, 3.63) is 65.9 Å². The number of carbonyl (C=O) groups excluding carboxylic acids is 1. The van der Waals surface area contributed by atoms with Gasteiger partial charge in [-0.15, -0.1) is 0 Å². The summed E-state index contributed by atoms with van der Waals surface area (Å²) in [4.78, 5) is 18.0. The van der Waals surface area contributed by atoms with Crippen LogP contribution in [0.3, 0.4) is 0 Å². The molecule has 1 aromatic heterocycles. The molecule has 0 aliphatic heterocycles. The Hall–Kier alpha value is -2.63. The van der Waals surface area contributed by atoms with Gasteiger partial charge in [0, 0.05) is 23.6 Å². The second-order valence-corrected chi connectivity index (χ2v) is 6.61. The molecule has 0 amide bonds. The zero-order valence-electron chi connectivity index (χ0n) is 15.1. The zero-order valence-corrected chi connectivity index (χ0v) is 15.1. The lowest BCUT2D eigenvalue weighted by Gasteiger charge is -2.15. The van der Waals surface area contributed by atoms with E-state index < -0.39 is 11.9 Å². The molecule has 1 unspecified atom stereocenters. The number of benzene rings is 2. The molecule has 136 valence electrons. The van der Waals surface area contributed by atoms with E-state index in [9.17, 15) is 9.90 Å². The molecule has 0 radical (unpaired) electrons. The summed E-state index contributed by atoms with van der Waals surface area (Å²) in [6.07, 6.45) is 2.82. The Morgan fingerprint density at radius 2 is 1.92 bits per heavy atom. The molecule has 1 heterocycles. The van der Waals surface area contributed by atoms with Gasteiger partial charge < -0.3 is 19.7 Å². The molecule has 0 fully saturated rings. The molecule has 2 N–H and O–H groups in total. The number of hydrogen-bond donors (Lipinski definition) is 2. The first kappa shape index (κ1) is 18.2. The SMILES string of the molecule is CN(C)CCc1c[nH]c2cccc(OC(=O)C(CO)c3ccccc3)c12. The van der Waals surface area contributed by atoms with Crippen LogP contribution in [-0.4, -0.2) is 48.2 Å². The fourth-order valence-corrected chi connectivity index (χ4v) is 3.03. The van der Waals surface area contributed by atoms with Crippen LogP contribution in [0.1, 0.15) is 17.0 Å². The number of aromatic nitrogens is 1. The highest BCUT2D eigenvalue weighted by Gasteiger charge is 2.23. The molecule has 0 aliphatic carbocycles. The van der Waals surface area contributed by atoms with Crippen molar-refractivity contribution < 1.29 is 14.6 Å². The van der Waals surface area contributed by atoms with Gasteiger partial charge in [-0.3, -0.25) is 4.79 Å². The Balaban J connectivity index is 1.88. The van der Waals surface area contributed by atoms with E-state index in [-0.39, 0.29) is 6.61 Å². The third-order valence-corrected chi connectivity index (χ3v) is 4.46. The first-order valence-corrected chi connectivity index (χ1v) is 8.71. The van der Waals surface area contributed by atoms with Gasteiger partial charge in [0.2, 0.25) is 0 Å². The molecule has 3 aromatic rings. The third-order valence-electron chi connectivity index (χ3n) is 4.46. The van der Waals surface area contributed by atoms with Crippen molar-refractivity contribution in [1.29, 1.82) is 0 Å². The lowest BCUT2D eigenvalue weighted by atomic mass is 10.0. The number of H-pyrrole nitrogens is 1. The molecule has 0 saturated heterocycles. The number of likely N-dealkylation sites (N-methyl/N-ethyl adjacent to an activating group) is 1. The summed E-state index contributed by atoms with van der Waals surface area (Å²) in [6.45, 7) is 0.609. The van der Waals surface area contributed by atoms with Crippen molar-refractivity contribution in [3.8, 4) is 5.75 Å². The van der Waals surface area contributed by atoms with Crippen LogP contribution in [0.4, 0.5) is 0 Å². The second-order valence-electron chi connectivity index (χ2n) is 6.61. The van der Waals surface area contributed by atoms with E-state index in [0.29, 0.717) is 5.75 Å². The molecule has 26 heavy (non-hydrogen) atoms. The van der Waals surface area contributed by atoms with Gasteiger partial charge in [0.25, 0.3) is 0 Å². The van der Waals surface area contributed by atoms with Gasteiger partial charge in [-0.25, -0.2) is 0 Å². The van der Waals surface area contributed by atoms with E-state index in [1.165, 1.54) is 0 Å². The number of fused-ring (bicyclic) bond motifs is 1. The molecular formula is C21H24N2O3. The number of aliphatic hydroxyl groups excluding tert-OH is 1. The Kier molecular flexibility index (Phi) is 5.71. The maximum Gasteiger partial charge on any atom is 0.321 e. The van der Waals surface area contributed by atoms with Crippen molar-refractivity contribution >= 4 is 16.9 Å². The number of nitrogens with one attached hydrogen (secondary N) is 1. The predicted octanol–water partition coefficient (Wildman–Crippen LogP) is 2.95. The predicted molar refractivity (Wildman–Crippen MR) is 102 cm³/mol.